The molecule has 0 fully saturated rings. The van der Waals surface area contributed by atoms with Crippen LogP contribution in [0.25, 0.3) is 28.0 Å². The van der Waals surface area contributed by atoms with E-state index in [9.17, 15) is 23.2 Å². The topological polar surface area (TPSA) is 119 Å². The van der Waals surface area contributed by atoms with Crippen LogP contribution in [0.2, 0.25) is 0 Å². The van der Waals surface area contributed by atoms with E-state index in [0.717, 1.165) is 12.4 Å². The second kappa shape index (κ2) is 12.1. The van der Waals surface area contributed by atoms with Crippen LogP contribution < -0.4 is 16.2 Å². The van der Waals surface area contributed by atoms with Gasteiger partial charge in [-0.15, -0.1) is 0 Å². The number of hydrogen-bond donors (Lipinski definition) is 2. The third-order valence-electron chi connectivity index (χ3n) is 5.76. The molecule has 0 atom stereocenters. The Kier molecular flexibility index (Phi) is 8.43. The summed E-state index contributed by atoms with van der Waals surface area (Å²) in [6.07, 6.45) is 3.33. The fraction of sp³-hybridized carbons (Fsp3) is 0.138. The first kappa shape index (κ1) is 27.8. The molecule has 0 aliphatic carbocycles. The minimum atomic E-state index is -0.570. The quantitative estimate of drug-likeness (QED) is 0.321. The molecule has 0 unspecified atom stereocenters. The number of benzene rings is 2. The molecule has 5 rings (SSSR count). The Morgan fingerprint density at radius 2 is 1.65 bits per heavy atom. The Morgan fingerprint density at radius 1 is 0.925 bits per heavy atom. The minimum absolute atomic E-state index is 0.0303. The van der Waals surface area contributed by atoms with Crippen LogP contribution in [0.15, 0.2) is 82.4 Å². The van der Waals surface area contributed by atoms with E-state index in [1.54, 1.807) is 18.2 Å². The summed E-state index contributed by atoms with van der Waals surface area (Å²) in [6.45, 7) is 4.03. The van der Waals surface area contributed by atoms with Gasteiger partial charge in [0, 0.05) is 29.9 Å². The zero-order chi connectivity index (χ0) is 28.8. The van der Waals surface area contributed by atoms with Crippen molar-refractivity contribution in [3.05, 3.63) is 112 Å². The van der Waals surface area contributed by atoms with E-state index in [-0.39, 0.29) is 23.6 Å². The molecule has 0 aliphatic rings. The van der Waals surface area contributed by atoms with Crippen LogP contribution in [0.4, 0.5) is 8.78 Å². The van der Waals surface area contributed by atoms with Crippen LogP contribution in [-0.4, -0.2) is 33.4 Å². The van der Waals surface area contributed by atoms with Gasteiger partial charge in [0.1, 0.15) is 28.7 Å². The highest BCUT2D eigenvalue weighted by Crippen LogP contribution is 2.34. The van der Waals surface area contributed by atoms with Crippen molar-refractivity contribution in [2.24, 2.45) is 0 Å². The number of fused-ring (bicyclic) bond motifs is 1. The summed E-state index contributed by atoms with van der Waals surface area (Å²) in [7, 11) is 1.47. The molecule has 0 saturated carbocycles. The molecule has 9 nitrogen and oxygen atoms in total. The van der Waals surface area contributed by atoms with Gasteiger partial charge in [0.25, 0.3) is 17.4 Å². The summed E-state index contributed by atoms with van der Waals surface area (Å²) in [6, 6.07) is 13.0. The first-order chi connectivity index (χ1) is 19.3. The molecule has 0 spiro atoms. The molecule has 0 aliphatic heterocycles. The van der Waals surface area contributed by atoms with Crippen LogP contribution in [0.1, 0.15) is 40.4 Å². The van der Waals surface area contributed by atoms with Gasteiger partial charge in [0.05, 0.1) is 30.2 Å². The third kappa shape index (κ3) is 5.78. The van der Waals surface area contributed by atoms with Crippen LogP contribution in [-0.2, 0) is 6.54 Å². The summed E-state index contributed by atoms with van der Waals surface area (Å²) in [5.74, 6) is -1.68. The lowest BCUT2D eigenvalue weighted by Gasteiger charge is -2.09. The zero-order valence-electron chi connectivity index (χ0n) is 21.9. The number of carbonyl (C=O) groups excluding carboxylic acids is 2. The van der Waals surface area contributed by atoms with Gasteiger partial charge in [-0.3, -0.25) is 23.9 Å². The van der Waals surface area contributed by atoms with E-state index in [2.05, 4.69) is 20.6 Å². The largest absolute Gasteiger partial charge is 0.455 e. The van der Waals surface area contributed by atoms with Crippen molar-refractivity contribution >= 4 is 22.8 Å². The van der Waals surface area contributed by atoms with Gasteiger partial charge in [-0.2, -0.15) is 0 Å². The molecule has 3 aromatic heterocycles. The molecular weight excluding hydrogens is 520 g/mol. The monoisotopic (exact) mass is 545 g/mol. The highest BCUT2D eigenvalue weighted by molar-refractivity contribution is 6.11. The number of rotatable bonds is 6. The summed E-state index contributed by atoms with van der Waals surface area (Å²) < 4.78 is 33.7. The molecule has 0 bridgehead atoms. The Labute approximate surface area is 227 Å². The standard InChI is InChI=1S/C27H19F2N5O4.C2H6/c1-30-27(37)24-20-10-19(8-9-22(20)38-25(24)15-2-4-16(28)5-3-15)34-14-21(32-13-23(34)35)26(36)33-12-18-7-6-17(29)11-31-18;1-2/h2-11,13-14H,12H2,1H3,(H,30,37)(H,33,36);1-2H3. The highest BCUT2D eigenvalue weighted by Gasteiger charge is 2.22. The molecule has 2 aromatic carbocycles. The van der Waals surface area contributed by atoms with E-state index >= 15 is 0 Å². The molecule has 2 N–H and O–H groups in total. The van der Waals surface area contributed by atoms with Crippen LogP contribution in [0.5, 0.6) is 0 Å². The van der Waals surface area contributed by atoms with Crippen LogP contribution >= 0.6 is 0 Å². The molecule has 11 heteroatoms. The Morgan fingerprint density at radius 3 is 2.33 bits per heavy atom. The van der Waals surface area contributed by atoms with Crippen molar-refractivity contribution in [1.82, 2.24) is 25.2 Å². The van der Waals surface area contributed by atoms with Crippen molar-refractivity contribution in [2.45, 2.75) is 20.4 Å². The number of halogens is 2. The van der Waals surface area contributed by atoms with Gasteiger partial charge >= 0.3 is 0 Å². The number of pyridine rings is 1. The van der Waals surface area contributed by atoms with Gasteiger partial charge < -0.3 is 15.1 Å². The maximum atomic E-state index is 13.5. The molecule has 40 heavy (non-hydrogen) atoms. The van der Waals surface area contributed by atoms with Gasteiger partial charge in [0.15, 0.2) is 0 Å². The minimum Gasteiger partial charge on any atom is -0.455 e. The van der Waals surface area contributed by atoms with Crippen molar-refractivity contribution in [1.29, 1.82) is 0 Å². The Hall–Kier alpha value is -5.19. The number of hydrogen-bond acceptors (Lipinski definition) is 6. The molecule has 2 amide bonds. The maximum absolute atomic E-state index is 13.5. The number of furan rings is 1. The lowest BCUT2D eigenvalue weighted by Crippen LogP contribution is -2.27. The normalized spacial score (nSPS) is 10.5. The second-order valence-electron chi connectivity index (χ2n) is 8.20. The predicted molar refractivity (Wildman–Crippen MR) is 145 cm³/mol. The average Bonchev–Trinajstić information content (AvgIpc) is 3.36. The van der Waals surface area contributed by atoms with Crippen molar-refractivity contribution in [3.63, 3.8) is 0 Å². The number of nitrogens with zero attached hydrogens (tertiary/aromatic N) is 3. The number of carbonyl (C=O) groups is 2. The van der Waals surface area contributed by atoms with E-state index in [4.69, 9.17) is 4.42 Å². The van der Waals surface area contributed by atoms with Gasteiger partial charge in [-0.25, -0.2) is 13.8 Å². The summed E-state index contributed by atoms with van der Waals surface area (Å²) >= 11 is 0. The molecule has 3 heterocycles. The van der Waals surface area contributed by atoms with E-state index in [1.807, 2.05) is 13.8 Å². The summed E-state index contributed by atoms with van der Waals surface area (Å²) in [5, 5.41) is 5.61. The first-order valence-electron chi connectivity index (χ1n) is 12.4. The van der Waals surface area contributed by atoms with Gasteiger partial charge in [-0.1, -0.05) is 13.8 Å². The van der Waals surface area contributed by atoms with E-state index in [1.165, 1.54) is 54.2 Å². The zero-order valence-corrected chi connectivity index (χ0v) is 21.9. The first-order valence-corrected chi connectivity index (χ1v) is 12.4. The van der Waals surface area contributed by atoms with Crippen molar-refractivity contribution < 1.29 is 22.8 Å². The van der Waals surface area contributed by atoms with Gasteiger partial charge in [-0.05, 0) is 54.6 Å². The average molecular weight is 546 g/mol. The molecule has 0 radical (unpaired) electrons. The highest BCUT2D eigenvalue weighted by atomic mass is 19.1. The van der Waals surface area contributed by atoms with Crippen LogP contribution in [0.3, 0.4) is 0 Å². The molecule has 204 valence electrons. The molecular formula is C29H25F2N5O4. The maximum Gasteiger partial charge on any atom is 0.273 e. The fourth-order valence-electron chi connectivity index (χ4n) is 3.89. The number of aromatic nitrogens is 3. The molecule has 5 aromatic rings. The Bertz CT molecular complexity index is 1730. The van der Waals surface area contributed by atoms with E-state index < -0.39 is 29.0 Å². The van der Waals surface area contributed by atoms with Crippen molar-refractivity contribution in [2.75, 3.05) is 7.05 Å². The molecule has 0 saturated heterocycles. The second-order valence-corrected chi connectivity index (χ2v) is 8.20. The number of nitrogens with one attached hydrogen (secondary N) is 2. The van der Waals surface area contributed by atoms with Crippen molar-refractivity contribution in [3.8, 4) is 17.0 Å². The van der Waals surface area contributed by atoms with Crippen LogP contribution in [0, 0.1) is 11.6 Å². The lowest BCUT2D eigenvalue weighted by molar-refractivity contribution is 0.0942. The predicted octanol–water partition coefficient (Wildman–Crippen LogP) is 4.63. The summed E-state index contributed by atoms with van der Waals surface area (Å²) in [4.78, 5) is 46.0. The lowest BCUT2D eigenvalue weighted by atomic mass is 10.0. The Balaban J connectivity index is 0.00000181. The van der Waals surface area contributed by atoms with Gasteiger partial charge in [0.2, 0.25) is 0 Å². The fourth-order valence-corrected chi connectivity index (χ4v) is 3.89. The third-order valence-corrected chi connectivity index (χ3v) is 5.76. The van der Waals surface area contributed by atoms with E-state index in [0.29, 0.717) is 27.9 Å². The smallest absolute Gasteiger partial charge is 0.273 e. The SMILES string of the molecule is CC.CNC(=O)c1c(-c2ccc(F)cc2)oc2ccc(-n3cc(C(=O)NCc4ccc(F)cn4)ncc3=O)cc12. The summed E-state index contributed by atoms with van der Waals surface area (Å²) in [5.41, 5.74) is 1.33. The number of amides is 2.